The smallest absolute Gasteiger partial charge is 0.276 e. The van der Waals surface area contributed by atoms with Crippen LogP contribution in [0.4, 0.5) is 5.69 Å². The van der Waals surface area contributed by atoms with Gasteiger partial charge in [0.15, 0.2) is 15.5 Å². The average Bonchev–Trinajstić information content (AvgIpc) is 3.36. The maximum Gasteiger partial charge on any atom is 0.276 e. The number of fused-ring (bicyclic) bond motifs is 1. The van der Waals surface area contributed by atoms with Crippen LogP contribution >= 0.6 is 0 Å². The minimum Gasteiger partial charge on any atom is -0.497 e. The molecule has 1 aliphatic heterocycles. The molecule has 0 aliphatic carbocycles. The number of pyridine rings is 1. The number of nitrogens with zero attached hydrogens (tertiary/aromatic N) is 3. The van der Waals surface area contributed by atoms with E-state index in [9.17, 15) is 13.2 Å². The van der Waals surface area contributed by atoms with Crippen molar-refractivity contribution < 1.29 is 17.9 Å². The zero-order chi connectivity index (χ0) is 24.7. The van der Waals surface area contributed by atoms with Crippen molar-refractivity contribution in [1.29, 1.82) is 0 Å². The van der Waals surface area contributed by atoms with Crippen molar-refractivity contribution in [2.45, 2.75) is 26.3 Å². The lowest BCUT2D eigenvalue weighted by atomic mass is 10.1. The van der Waals surface area contributed by atoms with Gasteiger partial charge in [0.25, 0.3) is 5.91 Å². The maximum absolute atomic E-state index is 13.4. The van der Waals surface area contributed by atoms with Crippen molar-refractivity contribution >= 4 is 32.5 Å². The molecule has 35 heavy (non-hydrogen) atoms. The summed E-state index contributed by atoms with van der Waals surface area (Å²) in [6, 6.07) is 16.6. The van der Waals surface area contributed by atoms with E-state index in [1.54, 1.807) is 31.4 Å². The molecule has 3 heterocycles. The van der Waals surface area contributed by atoms with Gasteiger partial charge in [-0.3, -0.25) is 4.79 Å². The van der Waals surface area contributed by atoms with E-state index in [1.807, 2.05) is 48.7 Å². The number of ether oxygens (including phenoxy) is 1. The number of benzene rings is 2. The Hall–Kier alpha value is -3.72. The first kappa shape index (κ1) is 23.0. The molecule has 0 radical (unpaired) electrons. The van der Waals surface area contributed by atoms with Crippen LogP contribution in [0.2, 0.25) is 0 Å². The third-order valence-electron chi connectivity index (χ3n) is 6.34. The summed E-state index contributed by atoms with van der Waals surface area (Å²) in [4.78, 5) is 22.8. The molecule has 8 nitrogen and oxygen atoms in total. The van der Waals surface area contributed by atoms with Crippen LogP contribution < -0.4 is 10.1 Å². The number of amides is 1. The van der Waals surface area contributed by atoms with Crippen LogP contribution in [-0.2, 0) is 9.84 Å². The topological polar surface area (TPSA) is 103 Å². The molecular weight excluding hydrogens is 464 g/mol. The second-order valence-corrected chi connectivity index (χ2v) is 11.1. The molecule has 1 unspecified atom stereocenters. The minimum absolute atomic E-state index is 0.0644. The predicted octanol–water partition coefficient (Wildman–Crippen LogP) is 4.34. The van der Waals surface area contributed by atoms with Crippen LogP contribution in [0.15, 0.2) is 54.6 Å². The summed E-state index contributed by atoms with van der Waals surface area (Å²) >= 11 is 0. The van der Waals surface area contributed by atoms with Gasteiger partial charge in [0, 0.05) is 11.3 Å². The van der Waals surface area contributed by atoms with Gasteiger partial charge in [-0.2, -0.15) is 0 Å². The van der Waals surface area contributed by atoms with E-state index in [-0.39, 0.29) is 23.2 Å². The Morgan fingerprint density at radius 3 is 2.40 bits per heavy atom. The van der Waals surface area contributed by atoms with Gasteiger partial charge in [-0.25, -0.2) is 18.4 Å². The highest BCUT2D eigenvalue weighted by Gasteiger charge is 2.32. The third-order valence-corrected chi connectivity index (χ3v) is 8.09. The van der Waals surface area contributed by atoms with Crippen molar-refractivity contribution in [2.75, 3.05) is 23.9 Å². The fourth-order valence-electron chi connectivity index (χ4n) is 4.54. The van der Waals surface area contributed by atoms with Crippen LogP contribution in [0.25, 0.3) is 22.3 Å². The van der Waals surface area contributed by atoms with Gasteiger partial charge in [0.05, 0.1) is 35.9 Å². The normalized spacial score (nSPS) is 16.9. The highest BCUT2D eigenvalue weighted by Crippen LogP contribution is 2.33. The largest absolute Gasteiger partial charge is 0.497 e. The number of rotatable bonds is 5. The molecular formula is C26H26N4O4S. The lowest BCUT2D eigenvalue weighted by Gasteiger charge is -2.15. The summed E-state index contributed by atoms with van der Waals surface area (Å²) in [5, 5.41) is 2.90. The van der Waals surface area contributed by atoms with Gasteiger partial charge in [0.1, 0.15) is 17.1 Å². The third kappa shape index (κ3) is 4.51. The summed E-state index contributed by atoms with van der Waals surface area (Å²) in [6.45, 7) is 3.84. The highest BCUT2D eigenvalue weighted by atomic mass is 32.2. The zero-order valence-corrected chi connectivity index (χ0v) is 20.6. The Morgan fingerprint density at radius 2 is 1.77 bits per heavy atom. The fraction of sp³-hybridized carbons (Fsp3) is 0.269. The lowest BCUT2D eigenvalue weighted by Crippen LogP contribution is -2.15. The molecule has 9 heteroatoms. The summed E-state index contributed by atoms with van der Waals surface area (Å²) in [7, 11) is -1.52. The Labute approximate surface area is 203 Å². The molecule has 2 aromatic carbocycles. The number of hydrogen-bond donors (Lipinski definition) is 1. The van der Waals surface area contributed by atoms with E-state index in [4.69, 9.17) is 9.72 Å². The molecule has 5 rings (SSSR count). The molecule has 0 saturated carbocycles. The Kier molecular flexibility index (Phi) is 5.80. The second-order valence-electron chi connectivity index (χ2n) is 8.86. The maximum atomic E-state index is 13.4. The number of hydrogen-bond acceptors (Lipinski definition) is 6. The number of aromatic nitrogens is 3. The predicted molar refractivity (Wildman–Crippen MR) is 136 cm³/mol. The van der Waals surface area contributed by atoms with Gasteiger partial charge in [-0.05, 0) is 50.6 Å². The zero-order valence-electron chi connectivity index (χ0n) is 19.8. The van der Waals surface area contributed by atoms with Crippen LogP contribution in [-0.4, -0.2) is 47.5 Å². The highest BCUT2D eigenvalue weighted by molar-refractivity contribution is 7.91. The number of carbonyl (C=O) groups is 1. The number of carbonyl (C=O) groups excluding carboxylic acids is 1. The number of imidazole rings is 1. The van der Waals surface area contributed by atoms with Crippen molar-refractivity contribution in [3.05, 3.63) is 71.7 Å². The number of aryl methyl sites for hydroxylation is 2. The van der Waals surface area contributed by atoms with Gasteiger partial charge in [-0.15, -0.1) is 0 Å². The van der Waals surface area contributed by atoms with Gasteiger partial charge in [-0.1, -0.05) is 29.8 Å². The molecule has 180 valence electrons. The van der Waals surface area contributed by atoms with Crippen LogP contribution in [0.1, 0.15) is 34.3 Å². The molecule has 0 bridgehead atoms. The van der Waals surface area contributed by atoms with Gasteiger partial charge >= 0.3 is 0 Å². The standard InChI is InChI=1S/C26H26N4O4S/c1-16-4-6-18(7-5-16)22-14-23-24(27-17(2)30(23)20-12-13-35(32,33)15-20)25(29-22)26(31)28-19-8-10-21(34-3)11-9-19/h4-11,14,20H,12-13,15H2,1-3H3,(H,28,31). The van der Waals surface area contributed by atoms with Crippen LogP contribution in [0.3, 0.4) is 0 Å². The molecule has 1 aliphatic rings. The molecule has 1 fully saturated rings. The second kappa shape index (κ2) is 8.81. The number of anilines is 1. The monoisotopic (exact) mass is 490 g/mol. The van der Waals surface area contributed by atoms with Crippen molar-refractivity contribution in [1.82, 2.24) is 14.5 Å². The molecule has 1 saturated heterocycles. The van der Waals surface area contributed by atoms with Gasteiger partial charge in [0.2, 0.25) is 0 Å². The number of nitrogens with one attached hydrogen (secondary N) is 1. The van der Waals surface area contributed by atoms with E-state index in [1.165, 1.54) is 0 Å². The first-order valence-electron chi connectivity index (χ1n) is 11.4. The van der Waals surface area contributed by atoms with E-state index < -0.39 is 15.7 Å². The minimum atomic E-state index is -3.10. The summed E-state index contributed by atoms with van der Waals surface area (Å²) in [5.41, 5.74) is 4.55. The molecule has 1 N–H and O–H groups in total. The van der Waals surface area contributed by atoms with Crippen molar-refractivity contribution in [3.8, 4) is 17.0 Å². The lowest BCUT2D eigenvalue weighted by molar-refractivity contribution is 0.102. The van der Waals surface area contributed by atoms with Crippen molar-refractivity contribution in [2.24, 2.45) is 0 Å². The van der Waals surface area contributed by atoms with Crippen LogP contribution in [0.5, 0.6) is 5.75 Å². The van der Waals surface area contributed by atoms with E-state index in [2.05, 4.69) is 10.3 Å². The Balaban J connectivity index is 1.64. The Bertz CT molecular complexity index is 1520. The molecule has 4 aromatic rings. The van der Waals surface area contributed by atoms with Crippen LogP contribution in [0, 0.1) is 13.8 Å². The van der Waals surface area contributed by atoms with Gasteiger partial charge < -0.3 is 14.6 Å². The quantitative estimate of drug-likeness (QED) is 0.447. The van der Waals surface area contributed by atoms with E-state index >= 15 is 0 Å². The molecule has 2 aromatic heterocycles. The molecule has 1 amide bonds. The Morgan fingerprint density at radius 1 is 1.06 bits per heavy atom. The van der Waals surface area contributed by atoms with Crippen molar-refractivity contribution in [3.63, 3.8) is 0 Å². The average molecular weight is 491 g/mol. The molecule has 0 spiro atoms. The number of methoxy groups -OCH3 is 1. The van der Waals surface area contributed by atoms with E-state index in [0.717, 1.165) is 11.1 Å². The molecule has 1 atom stereocenters. The summed E-state index contributed by atoms with van der Waals surface area (Å²) in [5.74, 6) is 1.17. The van der Waals surface area contributed by atoms with E-state index in [0.29, 0.717) is 40.4 Å². The fourth-order valence-corrected chi connectivity index (χ4v) is 6.24. The SMILES string of the molecule is COc1ccc(NC(=O)c2nc(-c3ccc(C)cc3)cc3c2nc(C)n3C2CCS(=O)(=O)C2)cc1. The summed E-state index contributed by atoms with van der Waals surface area (Å²) in [6.07, 6.45) is 0.518. The first-order chi connectivity index (χ1) is 16.7. The summed E-state index contributed by atoms with van der Waals surface area (Å²) < 4.78 is 31.6. The number of sulfone groups is 1. The first-order valence-corrected chi connectivity index (χ1v) is 13.2.